The standard InChI is InChI=1S/C15H21N3O2/c1-15(16,10-8-9-10)14(20)17-12-7-5-4-6-11(12)13(19)18(2)3/h4-7,10H,8-9,16H2,1-3H3,(H,17,20). The molecular weight excluding hydrogens is 254 g/mol. The number of hydrogen-bond donors (Lipinski definition) is 2. The van der Waals surface area contributed by atoms with E-state index in [1.165, 1.54) is 4.90 Å². The summed E-state index contributed by atoms with van der Waals surface area (Å²) in [6.45, 7) is 1.75. The third-order valence-electron chi connectivity index (χ3n) is 3.73. The quantitative estimate of drug-likeness (QED) is 0.873. The van der Waals surface area contributed by atoms with Gasteiger partial charge in [-0.05, 0) is 37.8 Å². The van der Waals surface area contributed by atoms with Crippen LogP contribution in [0, 0.1) is 5.92 Å². The van der Waals surface area contributed by atoms with Gasteiger partial charge in [0.1, 0.15) is 0 Å². The molecule has 1 aromatic rings. The Hall–Kier alpha value is -1.88. The van der Waals surface area contributed by atoms with Crippen LogP contribution in [-0.2, 0) is 4.79 Å². The van der Waals surface area contributed by atoms with Gasteiger partial charge in [-0.25, -0.2) is 0 Å². The Morgan fingerprint density at radius 3 is 2.45 bits per heavy atom. The van der Waals surface area contributed by atoms with Crippen molar-refractivity contribution in [2.24, 2.45) is 11.7 Å². The third kappa shape index (κ3) is 2.82. The highest BCUT2D eigenvalue weighted by Gasteiger charge is 2.44. The molecule has 0 bridgehead atoms. The summed E-state index contributed by atoms with van der Waals surface area (Å²) in [6.07, 6.45) is 1.97. The minimum absolute atomic E-state index is 0.147. The molecule has 5 heteroatoms. The highest BCUT2D eigenvalue weighted by molar-refractivity contribution is 6.05. The number of hydrogen-bond acceptors (Lipinski definition) is 3. The molecule has 1 aliphatic carbocycles. The van der Waals surface area contributed by atoms with Crippen LogP contribution in [0.1, 0.15) is 30.1 Å². The number of benzene rings is 1. The van der Waals surface area contributed by atoms with Gasteiger partial charge in [-0.15, -0.1) is 0 Å². The predicted molar refractivity (Wildman–Crippen MR) is 78.4 cm³/mol. The van der Waals surface area contributed by atoms with Crippen LogP contribution in [0.25, 0.3) is 0 Å². The van der Waals surface area contributed by atoms with Crippen molar-refractivity contribution in [3.05, 3.63) is 29.8 Å². The second-order valence-corrected chi connectivity index (χ2v) is 5.76. The zero-order valence-corrected chi connectivity index (χ0v) is 12.1. The summed E-state index contributed by atoms with van der Waals surface area (Å²) in [4.78, 5) is 25.9. The third-order valence-corrected chi connectivity index (χ3v) is 3.73. The lowest BCUT2D eigenvalue weighted by Crippen LogP contribution is -2.50. The molecule has 0 aliphatic heterocycles. The van der Waals surface area contributed by atoms with E-state index in [2.05, 4.69) is 5.32 Å². The molecular formula is C15H21N3O2. The maximum Gasteiger partial charge on any atom is 0.255 e. The Morgan fingerprint density at radius 2 is 1.90 bits per heavy atom. The summed E-state index contributed by atoms with van der Waals surface area (Å²) < 4.78 is 0. The lowest BCUT2D eigenvalue weighted by molar-refractivity contribution is -0.121. The Labute approximate surface area is 119 Å². The summed E-state index contributed by atoms with van der Waals surface area (Å²) in [5, 5.41) is 2.80. The molecule has 20 heavy (non-hydrogen) atoms. The Balaban J connectivity index is 2.21. The smallest absolute Gasteiger partial charge is 0.255 e. The van der Waals surface area contributed by atoms with E-state index < -0.39 is 5.54 Å². The number of nitrogens with one attached hydrogen (secondary N) is 1. The SMILES string of the molecule is CN(C)C(=O)c1ccccc1NC(=O)C(C)(N)C1CC1. The van der Waals surface area contributed by atoms with Crippen molar-refractivity contribution in [3.8, 4) is 0 Å². The number of carbonyl (C=O) groups excluding carboxylic acids is 2. The zero-order valence-electron chi connectivity index (χ0n) is 12.1. The van der Waals surface area contributed by atoms with E-state index in [4.69, 9.17) is 5.73 Å². The number of carbonyl (C=O) groups is 2. The molecule has 1 unspecified atom stereocenters. The van der Waals surface area contributed by atoms with Crippen LogP contribution in [0.4, 0.5) is 5.69 Å². The minimum Gasteiger partial charge on any atom is -0.345 e. The number of para-hydroxylation sites is 1. The molecule has 0 radical (unpaired) electrons. The number of rotatable bonds is 4. The van der Waals surface area contributed by atoms with Gasteiger partial charge in [-0.1, -0.05) is 12.1 Å². The van der Waals surface area contributed by atoms with Gasteiger partial charge in [0.15, 0.2) is 0 Å². The molecule has 1 aliphatic rings. The van der Waals surface area contributed by atoms with E-state index >= 15 is 0 Å². The van der Waals surface area contributed by atoms with Gasteiger partial charge in [0.05, 0.1) is 16.8 Å². The van der Waals surface area contributed by atoms with Gasteiger partial charge in [-0.2, -0.15) is 0 Å². The molecule has 1 aromatic carbocycles. The number of nitrogens with zero attached hydrogens (tertiary/aromatic N) is 1. The van der Waals surface area contributed by atoms with Crippen molar-refractivity contribution in [2.45, 2.75) is 25.3 Å². The first-order valence-electron chi connectivity index (χ1n) is 6.75. The Kier molecular flexibility index (Phi) is 3.81. The average molecular weight is 275 g/mol. The van der Waals surface area contributed by atoms with Gasteiger partial charge in [0.25, 0.3) is 5.91 Å². The van der Waals surface area contributed by atoms with Crippen LogP contribution >= 0.6 is 0 Å². The van der Waals surface area contributed by atoms with Gasteiger partial charge >= 0.3 is 0 Å². The molecule has 0 saturated heterocycles. The van der Waals surface area contributed by atoms with Crippen LogP contribution in [0.3, 0.4) is 0 Å². The van der Waals surface area contributed by atoms with Crippen molar-refractivity contribution >= 4 is 17.5 Å². The highest BCUT2D eigenvalue weighted by atomic mass is 16.2. The van der Waals surface area contributed by atoms with E-state index in [-0.39, 0.29) is 17.7 Å². The van der Waals surface area contributed by atoms with E-state index in [1.54, 1.807) is 45.3 Å². The molecule has 1 saturated carbocycles. The normalized spacial score (nSPS) is 17.2. The molecule has 2 rings (SSSR count). The Bertz CT molecular complexity index is 534. The van der Waals surface area contributed by atoms with Crippen LogP contribution in [0.2, 0.25) is 0 Å². The maximum absolute atomic E-state index is 12.3. The van der Waals surface area contributed by atoms with E-state index in [0.29, 0.717) is 11.3 Å². The van der Waals surface area contributed by atoms with Crippen LogP contribution in [0.15, 0.2) is 24.3 Å². The molecule has 0 aromatic heterocycles. The monoisotopic (exact) mass is 275 g/mol. The average Bonchev–Trinajstić information content (AvgIpc) is 3.23. The number of amides is 2. The van der Waals surface area contributed by atoms with E-state index in [0.717, 1.165) is 12.8 Å². The maximum atomic E-state index is 12.3. The molecule has 1 atom stereocenters. The number of anilines is 1. The van der Waals surface area contributed by atoms with Crippen LogP contribution < -0.4 is 11.1 Å². The summed E-state index contributed by atoms with van der Waals surface area (Å²) in [5.41, 5.74) is 6.19. The van der Waals surface area contributed by atoms with Gasteiger partial charge in [0.2, 0.25) is 5.91 Å². The molecule has 3 N–H and O–H groups in total. The zero-order chi connectivity index (χ0) is 14.9. The fraction of sp³-hybridized carbons (Fsp3) is 0.467. The molecule has 1 fully saturated rings. The van der Waals surface area contributed by atoms with Gasteiger partial charge in [-0.3, -0.25) is 9.59 Å². The van der Waals surface area contributed by atoms with E-state index in [1.807, 2.05) is 0 Å². The summed E-state index contributed by atoms with van der Waals surface area (Å²) in [6, 6.07) is 6.97. The lowest BCUT2D eigenvalue weighted by Gasteiger charge is -2.24. The van der Waals surface area contributed by atoms with Crippen molar-refractivity contribution in [1.29, 1.82) is 0 Å². The first-order valence-corrected chi connectivity index (χ1v) is 6.75. The molecule has 5 nitrogen and oxygen atoms in total. The second kappa shape index (κ2) is 5.25. The van der Waals surface area contributed by atoms with Crippen molar-refractivity contribution in [2.75, 3.05) is 19.4 Å². The summed E-state index contributed by atoms with van der Waals surface area (Å²) in [5.74, 6) is -0.149. The first kappa shape index (κ1) is 14.5. The van der Waals surface area contributed by atoms with Crippen LogP contribution in [-0.4, -0.2) is 36.3 Å². The summed E-state index contributed by atoms with van der Waals surface area (Å²) >= 11 is 0. The predicted octanol–water partition coefficient (Wildman–Crippen LogP) is 1.45. The minimum atomic E-state index is -0.881. The molecule has 108 valence electrons. The topological polar surface area (TPSA) is 75.4 Å². The van der Waals surface area contributed by atoms with Crippen molar-refractivity contribution in [3.63, 3.8) is 0 Å². The number of nitrogens with two attached hydrogens (primary N) is 1. The summed E-state index contributed by atoms with van der Waals surface area (Å²) in [7, 11) is 3.36. The second-order valence-electron chi connectivity index (χ2n) is 5.76. The van der Waals surface area contributed by atoms with Gasteiger partial charge < -0.3 is 16.0 Å². The fourth-order valence-electron chi connectivity index (χ4n) is 2.14. The molecule has 0 spiro atoms. The van der Waals surface area contributed by atoms with Crippen molar-refractivity contribution < 1.29 is 9.59 Å². The fourth-order valence-corrected chi connectivity index (χ4v) is 2.14. The molecule has 2 amide bonds. The highest BCUT2D eigenvalue weighted by Crippen LogP contribution is 2.38. The Morgan fingerprint density at radius 1 is 1.30 bits per heavy atom. The van der Waals surface area contributed by atoms with E-state index in [9.17, 15) is 9.59 Å². The first-order chi connectivity index (χ1) is 9.34. The van der Waals surface area contributed by atoms with Crippen LogP contribution in [0.5, 0.6) is 0 Å². The van der Waals surface area contributed by atoms with Crippen molar-refractivity contribution in [1.82, 2.24) is 4.90 Å². The lowest BCUT2D eigenvalue weighted by atomic mass is 9.96. The van der Waals surface area contributed by atoms with Gasteiger partial charge in [0, 0.05) is 14.1 Å². The molecule has 0 heterocycles. The largest absolute Gasteiger partial charge is 0.345 e.